The van der Waals surface area contributed by atoms with Crippen molar-refractivity contribution in [2.24, 2.45) is 0 Å². The van der Waals surface area contributed by atoms with Crippen molar-refractivity contribution >= 4 is 5.97 Å². The maximum atomic E-state index is 13.1. The van der Waals surface area contributed by atoms with Gasteiger partial charge in [-0.05, 0) is 39.3 Å². The van der Waals surface area contributed by atoms with Crippen molar-refractivity contribution in [2.75, 3.05) is 6.61 Å². The van der Waals surface area contributed by atoms with E-state index in [-0.39, 0.29) is 12.6 Å². The van der Waals surface area contributed by atoms with Gasteiger partial charge >= 0.3 is 5.97 Å². The number of ether oxygens (including phenoxy) is 1. The quantitative estimate of drug-likeness (QED) is 0.832. The Kier molecular flexibility index (Phi) is 4.89. The summed E-state index contributed by atoms with van der Waals surface area (Å²) < 4.78 is 18.6. The topological polar surface area (TPSA) is 58.6 Å². The van der Waals surface area contributed by atoms with E-state index in [0.717, 1.165) is 5.56 Å². The summed E-state index contributed by atoms with van der Waals surface area (Å²) in [6.45, 7) is 6.96. The van der Waals surface area contributed by atoms with Crippen molar-refractivity contribution < 1.29 is 19.0 Å². The van der Waals surface area contributed by atoms with Gasteiger partial charge in [0.05, 0.1) is 0 Å². The highest BCUT2D eigenvalue weighted by Gasteiger charge is 2.34. The highest BCUT2D eigenvalue weighted by atomic mass is 19.1. The standard InChI is InChI=1S/C14H20FNO3/c1-9(2)16-14(4,13(17)18)8-19-12-7-11(15)6-5-10(12)3/h5-7,9,16H,8H2,1-4H3,(H,17,18). The number of aliphatic carboxylic acids is 1. The molecule has 0 aliphatic heterocycles. The largest absolute Gasteiger partial charge is 0.491 e. The Labute approximate surface area is 112 Å². The van der Waals surface area contributed by atoms with E-state index in [1.54, 1.807) is 19.9 Å². The molecule has 0 heterocycles. The number of benzene rings is 1. The lowest BCUT2D eigenvalue weighted by Gasteiger charge is -2.28. The average molecular weight is 269 g/mol. The van der Waals surface area contributed by atoms with Crippen LogP contribution in [-0.4, -0.2) is 29.3 Å². The maximum absolute atomic E-state index is 13.1. The minimum Gasteiger partial charge on any atom is -0.491 e. The third-order valence-electron chi connectivity index (χ3n) is 2.75. The zero-order valence-electron chi connectivity index (χ0n) is 11.7. The third-order valence-corrected chi connectivity index (χ3v) is 2.75. The fourth-order valence-corrected chi connectivity index (χ4v) is 1.75. The number of carbonyl (C=O) groups is 1. The third kappa shape index (κ3) is 4.21. The molecule has 0 aliphatic rings. The molecule has 4 nitrogen and oxygen atoms in total. The number of hydrogen-bond donors (Lipinski definition) is 2. The van der Waals surface area contributed by atoms with E-state index < -0.39 is 17.3 Å². The van der Waals surface area contributed by atoms with Crippen LogP contribution in [0.1, 0.15) is 26.3 Å². The SMILES string of the molecule is Cc1ccc(F)cc1OCC(C)(NC(C)C)C(=O)O. The molecule has 106 valence electrons. The predicted octanol–water partition coefficient (Wildman–Crippen LogP) is 2.35. The van der Waals surface area contributed by atoms with Crippen molar-refractivity contribution in [1.82, 2.24) is 5.32 Å². The molecule has 1 aromatic carbocycles. The molecule has 0 amide bonds. The van der Waals surface area contributed by atoms with E-state index in [1.165, 1.54) is 12.1 Å². The lowest BCUT2D eigenvalue weighted by Crippen LogP contribution is -2.56. The Morgan fingerprint density at radius 1 is 1.53 bits per heavy atom. The summed E-state index contributed by atoms with van der Waals surface area (Å²) in [5, 5.41) is 12.2. The second kappa shape index (κ2) is 6.02. The summed E-state index contributed by atoms with van der Waals surface area (Å²) in [6.07, 6.45) is 0. The molecule has 0 aromatic heterocycles. The Hall–Kier alpha value is -1.62. The minimum absolute atomic E-state index is 0.00157. The molecule has 0 bridgehead atoms. The lowest BCUT2D eigenvalue weighted by molar-refractivity contribution is -0.145. The minimum atomic E-state index is -1.22. The Balaban J connectivity index is 2.82. The van der Waals surface area contributed by atoms with Gasteiger partial charge in [0.2, 0.25) is 0 Å². The normalized spacial score (nSPS) is 14.2. The summed E-state index contributed by atoms with van der Waals surface area (Å²) in [6, 6.07) is 4.19. The smallest absolute Gasteiger partial charge is 0.327 e. The summed E-state index contributed by atoms with van der Waals surface area (Å²) in [5.74, 6) is -1.05. The Morgan fingerprint density at radius 3 is 2.68 bits per heavy atom. The number of hydrogen-bond acceptors (Lipinski definition) is 3. The van der Waals surface area contributed by atoms with Crippen molar-refractivity contribution in [3.8, 4) is 5.75 Å². The van der Waals surface area contributed by atoms with E-state index in [1.807, 2.05) is 13.8 Å². The van der Waals surface area contributed by atoms with Crippen LogP contribution in [0.4, 0.5) is 4.39 Å². The number of carboxylic acids is 1. The first-order valence-corrected chi connectivity index (χ1v) is 6.14. The molecule has 1 aromatic rings. The van der Waals surface area contributed by atoms with E-state index in [9.17, 15) is 14.3 Å². The molecule has 0 saturated heterocycles. The fraction of sp³-hybridized carbons (Fsp3) is 0.500. The van der Waals surface area contributed by atoms with Crippen LogP contribution in [0.15, 0.2) is 18.2 Å². The molecule has 1 rings (SSSR count). The second-order valence-corrected chi connectivity index (χ2v) is 5.13. The molecular formula is C14H20FNO3. The van der Waals surface area contributed by atoms with Crippen molar-refractivity contribution in [1.29, 1.82) is 0 Å². The molecule has 1 unspecified atom stereocenters. The van der Waals surface area contributed by atoms with Crippen molar-refractivity contribution in [2.45, 2.75) is 39.3 Å². The number of rotatable bonds is 6. The molecular weight excluding hydrogens is 249 g/mol. The molecule has 0 saturated carbocycles. The summed E-state index contributed by atoms with van der Waals surface area (Å²) in [5.41, 5.74) is -0.453. The maximum Gasteiger partial charge on any atom is 0.327 e. The van der Waals surface area contributed by atoms with E-state index in [4.69, 9.17) is 4.74 Å². The fourth-order valence-electron chi connectivity index (χ4n) is 1.75. The van der Waals surface area contributed by atoms with Gasteiger partial charge in [0.25, 0.3) is 0 Å². The van der Waals surface area contributed by atoms with Crippen LogP contribution >= 0.6 is 0 Å². The molecule has 0 spiro atoms. The lowest BCUT2D eigenvalue weighted by atomic mass is 10.0. The number of carboxylic acid groups (broad SMARTS) is 1. The zero-order valence-corrected chi connectivity index (χ0v) is 11.7. The zero-order chi connectivity index (χ0) is 14.6. The van der Waals surface area contributed by atoms with Gasteiger partial charge in [0, 0.05) is 12.1 Å². The van der Waals surface area contributed by atoms with E-state index in [2.05, 4.69) is 5.32 Å². The number of halogens is 1. The summed E-state index contributed by atoms with van der Waals surface area (Å²) in [4.78, 5) is 11.3. The highest BCUT2D eigenvalue weighted by Crippen LogP contribution is 2.20. The second-order valence-electron chi connectivity index (χ2n) is 5.13. The van der Waals surface area contributed by atoms with Gasteiger partial charge in [-0.15, -0.1) is 0 Å². The molecule has 2 N–H and O–H groups in total. The predicted molar refractivity (Wildman–Crippen MR) is 70.9 cm³/mol. The van der Waals surface area contributed by atoms with Crippen LogP contribution in [0.3, 0.4) is 0 Å². The van der Waals surface area contributed by atoms with Crippen LogP contribution in [0.5, 0.6) is 5.75 Å². The highest BCUT2D eigenvalue weighted by molar-refractivity contribution is 5.78. The van der Waals surface area contributed by atoms with Crippen molar-refractivity contribution in [3.05, 3.63) is 29.6 Å². The molecule has 0 fully saturated rings. The van der Waals surface area contributed by atoms with E-state index >= 15 is 0 Å². The molecule has 19 heavy (non-hydrogen) atoms. The number of aryl methyl sites for hydroxylation is 1. The van der Waals surface area contributed by atoms with Gasteiger partial charge in [-0.2, -0.15) is 0 Å². The monoisotopic (exact) mass is 269 g/mol. The van der Waals surface area contributed by atoms with Gasteiger partial charge in [-0.3, -0.25) is 10.1 Å². The van der Waals surface area contributed by atoms with Crippen LogP contribution in [0.25, 0.3) is 0 Å². The Morgan fingerprint density at radius 2 is 2.16 bits per heavy atom. The summed E-state index contributed by atoms with van der Waals surface area (Å²) >= 11 is 0. The van der Waals surface area contributed by atoms with Crippen LogP contribution in [0.2, 0.25) is 0 Å². The first-order valence-electron chi connectivity index (χ1n) is 6.14. The van der Waals surface area contributed by atoms with E-state index in [0.29, 0.717) is 5.75 Å². The summed E-state index contributed by atoms with van der Waals surface area (Å²) in [7, 11) is 0. The molecule has 0 aliphatic carbocycles. The van der Waals surface area contributed by atoms with Gasteiger partial charge in [-0.25, -0.2) is 4.39 Å². The Bertz CT molecular complexity index is 462. The van der Waals surface area contributed by atoms with Crippen LogP contribution < -0.4 is 10.1 Å². The number of nitrogens with one attached hydrogen (secondary N) is 1. The average Bonchev–Trinajstić information content (AvgIpc) is 2.29. The molecule has 1 atom stereocenters. The van der Waals surface area contributed by atoms with Crippen molar-refractivity contribution in [3.63, 3.8) is 0 Å². The van der Waals surface area contributed by atoms with Gasteiger partial charge in [-0.1, -0.05) is 6.07 Å². The van der Waals surface area contributed by atoms with Crippen LogP contribution in [0, 0.1) is 12.7 Å². The molecule has 5 heteroatoms. The first-order chi connectivity index (χ1) is 8.74. The van der Waals surface area contributed by atoms with Gasteiger partial charge in [0.15, 0.2) is 0 Å². The van der Waals surface area contributed by atoms with Gasteiger partial charge < -0.3 is 9.84 Å². The van der Waals surface area contributed by atoms with Crippen LogP contribution in [-0.2, 0) is 4.79 Å². The first kappa shape index (κ1) is 15.4. The molecule has 0 radical (unpaired) electrons. The van der Waals surface area contributed by atoms with Gasteiger partial charge in [0.1, 0.15) is 23.7 Å².